The van der Waals surface area contributed by atoms with Gasteiger partial charge in [0.15, 0.2) is 11.5 Å². The van der Waals surface area contributed by atoms with Crippen LogP contribution in [-0.4, -0.2) is 100 Å². The molecule has 0 bridgehead atoms. The maximum atomic E-state index is 14.3. The third kappa shape index (κ3) is 4.50. The van der Waals surface area contributed by atoms with Crippen molar-refractivity contribution in [3.05, 3.63) is 47.5 Å². The third-order valence-corrected chi connectivity index (χ3v) is 6.37. The van der Waals surface area contributed by atoms with Crippen LogP contribution >= 0.6 is 0 Å². The molecule has 3 aliphatic heterocycles. The van der Waals surface area contributed by atoms with Crippen LogP contribution < -0.4 is 4.90 Å². The van der Waals surface area contributed by atoms with Crippen molar-refractivity contribution in [2.24, 2.45) is 5.10 Å². The Kier molecular flexibility index (Phi) is 6.24. The van der Waals surface area contributed by atoms with E-state index in [1.807, 2.05) is 0 Å². The molecule has 1 atom stereocenters. The molecule has 0 spiro atoms. The summed E-state index contributed by atoms with van der Waals surface area (Å²) in [5, 5.41) is 5.54. The van der Waals surface area contributed by atoms with Crippen LogP contribution in [0.5, 0.6) is 0 Å². The molecule has 1 unspecified atom stereocenters. The van der Waals surface area contributed by atoms with Gasteiger partial charge in [-0.05, 0) is 11.6 Å². The molecule has 35 heavy (non-hydrogen) atoms. The lowest BCUT2D eigenvalue weighted by Gasteiger charge is -2.38. The van der Waals surface area contributed by atoms with Crippen LogP contribution in [0.15, 0.2) is 29.8 Å². The summed E-state index contributed by atoms with van der Waals surface area (Å²) in [6.07, 6.45) is 5.69. The number of methoxy groups -OCH3 is 1. The van der Waals surface area contributed by atoms with E-state index < -0.39 is 23.6 Å². The first-order valence-electron chi connectivity index (χ1n) is 11.2. The van der Waals surface area contributed by atoms with Gasteiger partial charge in [0.1, 0.15) is 5.82 Å². The van der Waals surface area contributed by atoms with E-state index in [2.05, 4.69) is 20.1 Å². The number of aromatic nitrogens is 3. The number of anilines is 1. The Bertz CT molecular complexity index is 1150. The fourth-order valence-electron chi connectivity index (χ4n) is 4.29. The molecule has 13 heteroatoms. The number of amides is 3. The number of halogens is 2. The third-order valence-electron chi connectivity index (χ3n) is 6.37. The average molecular weight is 486 g/mol. The minimum absolute atomic E-state index is 0.0503. The number of carbonyl (C=O) groups is 2. The van der Waals surface area contributed by atoms with E-state index in [0.717, 1.165) is 12.4 Å². The zero-order valence-electron chi connectivity index (χ0n) is 19.0. The molecule has 0 saturated carbocycles. The normalized spacial score (nSPS) is 20.4. The van der Waals surface area contributed by atoms with Crippen LogP contribution in [0, 0.1) is 11.6 Å². The molecule has 2 saturated heterocycles. The summed E-state index contributed by atoms with van der Waals surface area (Å²) in [5.74, 6) is -1.52. The Balaban J connectivity index is 1.22. The molecule has 0 N–H and O–H groups in total. The van der Waals surface area contributed by atoms with Gasteiger partial charge in [-0.25, -0.2) is 28.6 Å². The topological polar surface area (TPSA) is 107 Å². The standard InChI is InChI=1S/C22H24F2N8O3/c1-35-16-12-31(13-16)20(33)19-17(24)11-26-21(28-19)29-4-6-30(7-5-29)22(34)32-18(2-3-27-32)14-8-15(23)10-25-9-14/h3,8-11,16,18H,2,4-7,12-13H2,1H3. The second kappa shape index (κ2) is 9.49. The van der Waals surface area contributed by atoms with Gasteiger partial charge in [0.05, 0.1) is 24.5 Å². The highest BCUT2D eigenvalue weighted by Gasteiger charge is 2.35. The molecule has 5 rings (SSSR count). The van der Waals surface area contributed by atoms with Crippen molar-refractivity contribution in [3.8, 4) is 0 Å². The highest BCUT2D eigenvalue weighted by atomic mass is 19.1. The van der Waals surface area contributed by atoms with Crippen LogP contribution in [0.25, 0.3) is 0 Å². The van der Waals surface area contributed by atoms with E-state index in [0.29, 0.717) is 51.3 Å². The first-order chi connectivity index (χ1) is 16.9. The predicted molar refractivity (Wildman–Crippen MR) is 120 cm³/mol. The number of pyridine rings is 1. The van der Waals surface area contributed by atoms with Crippen LogP contribution in [0.3, 0.4) is 0 Å². The number of nitrogens with zero attached hydrogens (tertiary/aromatic N) is 8. The van der Waals surface area contributed by atoms with Gasteiger partial charge in [0, 0.05) is 65.2 Å². The SMILES string of the molecule is COC1CN(C(=O)c2nc(N3CCN(C(=O)N4N=CCC4c4cncc(F)c4)CC3)ncc2F)C1. The smallest absolute Gasteiger partial charge is 0.341 e. The van der Waals surface area contributed by atoms with E-state index in [-0.39, 0.29) is 23.8 Å². The van der Waals surface area contributed by atoms with Crippen molar-refractivity contribution in [1.29, 1.82) is 0 Å². The lowest BCUT2D eigenvalue weighted by Crippen LogP contribution is -2.55. The van der Waals surface area contributed by atoms with Crippen molar-refractivity contribution in [2.75, 3.05) is 51.3 Å². The summed E-state index contributed by atoms with van der Waals surface area (Å²) in [4.78, 5) is 42.8. The number of ether oxygens (including phenoxy) is 1. The molecule has 2 aromatic heterocycles. The number of likely N-dealkylation sites (tertiary alicyclic amines) is 1. The van der Waals surface area contributed by atoms with Crippen LogP contribution in [0.1, 0.15) is 28.5 Å². The number of piperazine rings is 1. The fraction of sp³-hybridized carbons (Fsp3) is 0.455. The Hall–Kier alpha value is -3.74. The molecule has 0 aromatic carbocycles. The molecule has 3 amide bonds. The lowest BCUT2D eigenvalue weighted by molar-refractivity contribution is -0.0197. The Morgan fingerprint density at radius 2 is 1.83 bits per heavy atom. The van der Waals surface area contributed by atoms with E-state index in [1.165, 1.54) is 22.2 Å². The molecule has 3 aliphatic rings. The minimum Gasteiger partial charge on any atom is -0.378 e. The lowest BCUT2D eigenvalue weighted by atomic mass is 10.1. The zero-order chi connectivity index (χ0) is 24.5. The van der Waals surface area contributed by atoms with E-state index in [4.69, 9.17) is 4.74 Å². The first kappa shape index (κ1) is 23.0. The van der Waals surface area contributed by atoms with Gasteiger partial charge < -0.3 is 19.4 Å². The van der Waals surface area contributed by atoms with Gasteiger partial charge >= 0.3 is 6.03 Å². The highest BCUT2D eigenvalue weighted by Crippen LogP contribution is 2.29. The molecule has 184 valence electrons. The summed E-state index contributed by atoms with van der Waals surface area (Å²) in [6.45, 7) is 2.27. The summed E-state index contributed by atoms with van der Waals surface area (Å²) < 4.78 is 33.1. The van der Waals surface area contributed by atoms with Gasteiger partial charge in [-0.2, -0.15) is 5.10 Å². The molecule has 0 radical (unpaired) electrons. The van der Waals surface area contributed by atoms with Crippen LogP contribution in [-0.2, 0) is 4.74 Å². The molecule has 11 nitrogen and oxygen atoms in total. The van der Waals surface area contributed by atoms with Crippen LogP contribution in [0.2, 0.25) is 0 Å². The largest absolute Gasteiger partial charge is 0.378 e. The average Bonchev–Trinajstić information content (AvgIpc) is 3.33. The second-order valence-electron chi connectivity index (χ2n) is 8.52. The summed E-state index contributed by atoms with van der Waals surface area (Å²) >= 11 is 0. The first-order valence-corrected chi connectivity index (χ1v) is 11.2. The summed E-state index contributed by atoms with van der Waals surface area (Å²) in [6, 6.07) is 0.635. The molecule has 2 aromatic rings. The highest BCUT2D eigenvalue weighted by molar-refractivity contribution is 5.93. The van der Waals surface area contributed by atoms with E-state index in [9.17, 15) is 18.4 Å². The Morgan fingerprint density at radius 1 is 1.06 bits per heavy atom. The molecule has 2 fully saturated rings. The van der Waals surface area contributed by atoms with Crippen molar-refractivity contribution in [1.82, 2.24) is 29.8 Å². The zero-order valence-corrected chi connectivity index (χ0v) is 19.0. The second-order valence-corrected chi connectivity index (χ2v) is 8.52. The van der Waals surface area contributed by atoms with Crippen LogP contribution in [0.4, 0.5) is 19.5 Å². The quantitative estimate of drug-likeness (QED) is 0.641. The monoisotopic (exact) mass is 486 g/mol. The number of urea groups is 1. The number of hydrogen-bond donors (Lipinski definition) is 0. The van der Waals surface area contributed by atoms with Gasteiger partial charge in [-0.15, -0.1) is 0 Å². The van der Waals surface area contributed by atoms with E-state index >= 15 is 0 Å². The summed E-state index contributed by atoms with van der Waals surface area (Å²) in [5.41, 5.74) is 0.298. The van der Waals surface area contributed by atoms with Gasteiger partial charge in [-0.3, -0.25) is 9.78 Å². The maximum absolute atomic E-state index is 14.3. The number of carbonyl (C=O) groups excluding carboxylic acids is 2. The number of hydrogen-bond acceptors (Lipinski definition) is 8. The maximum Gasteiger partial charge on any atom is 0.341 e. The Labute approximate surface area is 200 Å². The predicted octanol–water partition coefficient (Wildman–Crippen LogP) is 1.30. The number of hydrazone groups is 1. The van der Waals surface area contributed by atoms with Crippen molar-refractivity contribution < 1.29 is 23.1 Å². The van der Waals surface area contributed by atoms with Crippen molar-refractivity contribution in [3.63, 3.8) is 0 Å². The Morgan fingerprint density at radius 3 is 2.54 bits per heavy atom. The van der Waals surface area contributed by atoms with Gasteiger partial charge in [-0.1, -0.05) is 0 Å². The van der Waals surface area contributed by atoms with Gasteiger partial charge in [0.25, 0.3) is 5.91 Å². The van der Waals surface area contributed by atoms with Crippen molar-refractivity contribution >= 4 is 24.1 Å². The minimum atomic E-state index is -0.779. The van der Waals surface area contributed by atoms with Crippen molar-refractivity contribution in [2.45, 2.75) is 18.6 Å². The molecule has 5 heterocycles. The summed E-state index contributed by atoms with van der Waals surface area (Å²) in [7, 11) is 1.56. The van der Waals surface area contributed by atoms with E-state index in [1.54, 1.807) is 23.1 Å². The number of rotatable bonds is 4. The molecular weight excluding hydrogens is 462 g/mol. The molecular formula is C22H24F2N8O3. The fourth-order valence-corrected chi connectivity index (χ4v) is 4.29. The van der Waals surface area contributed by atoms with Gasteiger partial charge in [0.2, 0.25) is 5.95 Å². The molecule has 0 aliphatic carbocycles.